The number of nitrogens with one attached hydrogen (secondary N) is 1. The second-order valence-corrected chi connectivity index (χ2v) is 5.61. The van der Waals surface area contributed by atoms with Crippen molar-refractivity contribution in [1.29, 1.82) is 0 Å². The van der Waals surface area contributed by atoms with E-state index in [0.717, 1.165) is 22.5 Å². The fraction of sp³-hybridized carbons (Fsp3) is 0.500. The van der Waals surface area contributed by atoms with Crippen LogP contribution in [0.1, 0.15) is 19.4 Å². The van der Waals surface area contributed by atoms with Crippen molar-refractivity contribution in [2.45, 2.75) is 26.4 Å². The van der Waals surface area contributed by atoms with Crippen molar-refractivity contribution < 1.29 is 0 Å². The molecule has 1 N–H and O–H groups in total. The summed E-state index contributed by atoms with van der Waals surface area (Å²) < 4.78 is 0. The summed E-state index contributed by atoms with van der Waals surface area (Å²) in [6, 6.07) is 6.05. The molecule has 0 heterocycles. The van der Waals surface area contributed by atoms with Crippen molar-refractivity contribution >= 4 is 39.1 Å². The normalized spacial score (nSPS) is 13.1. The summed E-state index contributed by atoms with van der Waals surface area (Å²) in [4.78, 5) is 0. The standard InChI is InChI=1S/C12H16BrCl2N/c1-8(2)12(6-13)16-7-9-3-4-10(14)5-11(9)15/h3-5,8,12,16H,6-7H2,1-2H3. The number of benzene rings is 1. The first-order valence-electron chi connectivity index (χ1n) is 5.28. The van der Waals surface area contributed by atoms with Gasteiger partial charge >= 0.3 is 0 Å². The van der Waals surface area contributed by atoms with Crippen LogP contribution in [-0.2, 0) is 6.54 Å². The third-order valence-corrected chi connectivity index (χ3v) is 3.83. The van der Waals surface area contributed by atoms with Gasteiger partial charge in [0.15, 0.2) is 0 Å². The second-order valence-electron chi connectivity index (χ2n) is 4.12. The van der Waals surface area contributed by atoms with E-state index in [0.29, 0.717) is 17.0 Å². The van der Waals surface area contributed by atoms with Crippen molar-refractivity contribution in [2.24, 2.45) is 5.92 Å². The molecular formula is C12H16BrCl2N. The molecule has 1 atom stereocenters. The Hall–Kier alpha value is 0.240. The first-order valence-corrected chi connectivity index (χ1v) is 7.15. The minimum atomic E-state index is 0.451. The summed E-state index contributed by atoms with van der Waals surface area (Å²) >= 11 is 15.4. The number of hydrogen-bond acceptors (Lipinski definition) is 1. The van der Waals surface area contributed by atoms with Gasteiger partial charge in [-0.2, -0.15) is 0 Å². The number of halogens is 3. The van der Waals surface area contributed by atoms with Gasteiger partial charge < -0.3 is 5.32 Å². The van der Waals surface area contributed by atoms with Crippen LogP contribution in [0.25, 0.3) is 0 Å². The highest BCUT2D eigenvalue weighted by molar-refractivity contribution is 9.09. The van der Waals surface area contributed by atoms with Gasteiger partial charge in [-0.1, -0.05) is 59.0 Å². The van der Waals surface area contributed by atoms with Crippen molar-refractivity contribution in [2.75, 3.05) is 5.33 Å². The maximum absolute atomic E-state index is 6.10. The zero-order chi connectivity index (χ0) is 12.1. The smallest absolute Gasteiger partial charge is 0.0465 e. The minimum absolute atomic E-state index is 0.451. The molecule has 0 amide bonds. The molecule has 0 aliphatic heterocycles. The first-order chi connectivity index (χ1) is 7.54. The summed E-state index contributed by atoms with van der Waals surface area (Å²) in [6.45, 7) is 5.16. The van der Waals surface area contributed by atoms with Crippen molar-refractivity contribution in [3.63, 3.8) is 0 Å². The maximum Gasteiger partial charge on any atom is 0.0465 e. The van der Waals surface area contributed by atoms with E-state index < -0.39 is 0 Å². The van der Waals surface area contributed by atoms with Crippen LogP contribution in [0.3, 0.4) is 0 Å². The number of alkyl halides is 1. The Kier molecular flexibility index (Phi) is 6.12. The van der Waals surface area contributed by atoms with E-state index in [1.54, 1.807) is 6.07 Å². The minimum Gasteiger partial charge on any atom is -0.309 e. The van der Waals surface area contributed by atoms with E-state index in [4.69, 9.17) is 23.2 Å². The molecule has 90 valence electrons. The van der Waals surface area contributed by atoms with Gasteiger partial charge in [-0.15, -0.1) is 0 Å². The predicted octanol–water partition coefficient (Wildman–Crippen LogP) is 4.50. The molecule has 1 nitrogen and oxygen atoms in total. The molecule has 0 aliphatic rings. The van der Waals surface area contributed by atoms with E-state index >= 15 is 0 Å². The maximum atomic E-state index is 6.10. The van der Waals surface area contributed by atoms with Gasteiger partial charge in [0.05, 0.1) is 0 Å². The Morgan fingerprint density at radius 3 is 2.50 bits per heavy atom. The van der Waals surface area contributed by atoms with Gasteiger partial charge in [-0.25, -0.2) is 0 Å². The summed E-state index contributed by atoms with van der Waals surface area (Å²) in [5.74, 6) is 0.588. The topological polar surface area (TPSA) is 12.0 Å². The lowest BCUT2D eigenvalue weighted by Gasteiger charge is -2.20. The lowest BCUT2D eigenvalue weighted by Crippen LogP contribution is -2.34. The SMILES string of the molecule is CC(C)C(CBr)NCc1ccc(Cl)cc1Cl. The predicted molar refractivity (Wildman–Crippen MR) is 75.7 cm³/mol. The highest BCUT2D eigenvalue weighted by Crippen LogP contribution is 2.21. The van der Waals surface area contributed by atoms with Crippen LogP contribution in [0.5, 0.6) is 0 Å². The van der Waals surface area contributed by atoms with E-state index in [-0.39, 0.29) is 0 Å². The summed E-state index contributed by atoms with van der Waals surface area (Å²) in [6.07, 6.45) is 0. The van der Waals surface area contributed by atoms with E-state index in [2.05, 4.69) is 35.1 Å². The fourth-order valence-electron chi connectivity index (χ4n) is 1.37. The van der Waals surface area contributed by atoms with Crippen LogP contribution in [0, 0.1) is 5.92 Å². The third kappa shape index (κ3) is 4.25. The highest BCUT2D eigenvalue weighted by atomic mass is 79.9. The van der Waals surface area contributed by atoms with Gasteiger partial charge in [-0.3, -0.25) is 0 Å². The average Bonchev–Trinajstić information content (AvgIpc) is 2.21. The highest BCUT2D eigenvalue weighted by Gasteiger charge is 2.11. The van der Waals surface area contributed by atoms with Crippen LogP contribution >= 0.6 is 39.1 Å². The number of hydrogen-bond donors (Lipinski definition) is 1. The largest absolute Gasteiger partial charge is 0.309 e. The molecular weight excluding hydrogens is 309 g/mol. The molecule has 1 rings (SSSR count). The first kappa shape index (κ1) is 14.3. The summed E-state index contributed by atoms with van der Waals surface area (Å²) in [5, 5.41) is 5.81. The molecule has 1 unspecified atom stereocenters. The molecule has 0 radical (unpaired) electrons. The molecule has 16 heavy (non-hydrogen) atoms. The Balaban J connectivity index is 2.60. The summed E-state index contributed by atoms with van der Waals surface area (Å²) in [5.41, 5.74) is 1.08. The molecule has 0 aliphatic carbocycles. The summed E-state index contributed by atoms with van der Waals surface area (Å²) in [7, 11) is 0. The van der Waals surface area contributed by atoms with Crippen LogP contribution in [0.15, 0.2) is 18.2 Å². The number of rotatable bonds is 5. The van der Waals surface area contributed by atoms with Gasteiger partial charge in [-0.05, 0) is 23.6 Å². The molecule has 0 saturated carbocycles. The molecule has 0 saturated heterocycles. The molecule has 1 aromatic rings. The molecule has 0 fully saturated rings. The Labute approximate surface area is 116 Å². The molecule has 0 bridgehead atoms. The zero-order valence-electron chi connectivity index (χ0n) is 9.43. The third-order valence-electron chi connectivity index (χ3n) is 2.54. The monoisotopic (exact) mass is 323 g/mol. The fourth-order valence-corrected chi connectivity index (χ4v) is 2.83. The molecule has 1 aromatic carbocycles. The van der Waals surface area contributed by atoms with E-state index in [9.17, 15) is 0 Å². The van der Waals surface area contributed by atoms with Gasteiger partial charge in [0.25, 0.3) is 0 Å². The lowest BCUT2D eigenvalue weighted by molar-refractivity contribution is 0.434. The van der Waals surface area contributed by atoms with E-state index in [1.807, 2.05) is 12.1 Å². The molecule has 4 heteroatoms. The van der Waals surface area contributed by atoms with Crippen molar-refractivity contribution in [1.82, 2.24) is 5.32 Å². The van der Waals surface area contributed by atoms with Crippen LogP contribution in [0.4, 0.5) is 0 Å². The van der Waals surface area contributed by atoms with Crippen LogP contribution in [0.2, 0.25) is 10.0 Å². The Bertz CT molecular complexity index is 342. The molecule has 0 aromatic heterocycles. The van der Waals surface area contributed by atoms with Crippen LogP contribution in [-0.4, -0.2) is 11.4 Å². The van der Waals surface area contributed by atoms with Crippen LogP contribution < -0.4 is 5.32 Å². The Morgan fingerprint density at radius 1 is 1.31 bits per heavy atom. The Morgan fingerprint density at radius 2 is 2.00 bits per heavy atom. The van der Waals surface area contributed by atoms with Gasteiger partial charge in [0.1, 0.15) is 0 Å². The molecule has 0 spiro atoms. The van der Waals surface area contributed by atoms with Crippen molar-refractivity contribution in [3.8, 4) is 0 Å². The quantitative estimate of drug-likeness (QED) is 0.786. The zero-order valence-corrected chi connectivity index (χ0v) is 12.5. The van der Waals surface area contributed by atoms with E-state index in [1.165, 1.54) is 0 Å². The van der Waals surface area contributed by atoms with Gasteiger partial charge in [0.2, 0.25) is 0 Å². The van der Waals surface area contributed by atoms with Crippen molar-refractivity contribution in [3.05, 3.63) is 33.8 Å². The van der Waals surface area contributed by atoms with Gasteiger partial charge in [0, 0.05) is 28.0 Å². The lowest BCUT2D eigenvalue weighted by atomic mass is 10.1. The second kappa shape index (κ2) is 6.85. The average molecular weight is 325 g/mol.